The van der Waals surface area contributed by atoms with Crippen LogP contribution in [0.1, 0.15) is 28.7 Å². The Kier molecular flexibility index (Phi) is 3.86. The number of likely N-dealkylation sites (tertiary alicyclic amines) is 1. The van der Waals surface area contributed by atoms with E-state index in [-0.39, 0.29) is 11.8 Å². The fourth-order valence-corrected chi connectivity index (χ4v) is 3.84. The summed E-state index contributed by atoms with van der Waals surface area (Å²) in [6.45, 7) is 1.18. The summed E-state index contributed by atoms with van der Waals surface area (Å²) in [6.07, 6.45) is 2.38. The van der Waals surface area contributed by atoms with E-state index < -0.39 is 0 Å². The third-order valence-corrected chi connectivity index (χ3v) is 5.32. The zero-order valence-electron chi connectivity index (χ0n) is 14.2. The Labute approximate surface area is 157 Å². The number of furan rings is 1. The Morgan fingerprint density at radius 1 is 1.37 bits per heavy atom. The topological polar surface area (TPSA) is 101 Å². The third-order valence-electron chi connectivity index (χ3n) is 4.63. The second kappa shape index (κ2) is 6.51. The molecule has 5 heterocycles. The Balaban J connectivity index is 1.29. The van der Waals surface area contributed by atoms with Crippen LogP contribution in [0.5, 0.6) is 0 Å². The Bertz CT molecular complexity index is 1050. The summed E-state index contributed by atoms with van der Waals surface area (Å²) in [5.41, 5.74) is 1.97. The van der Waals surface area contributed by atoms with Crippen molar-refractivity contribution in [1.82, 2.24) is 25.2 Å². The molecule has 0 bridgehead atoms. The molecule has 1 aliphatic rings. The van der Waals surface area contributed by atoms with Crippen LogP contribution in [0.3, 0.4) is 0 Å². The quantitative estimate of drug-likeness (QED) is 0.581. The zero-order valence-corrected chi connectivity index (χ0v) is 15.0. The van der Waals surface area contributed by atoms with E-state index in [1.807, 2.05) is 22.9 Å². The highest BCUT2D eigenvalue weighted by Crippen LogP contribution is 2.29. The van der Waals surface area contributed by atoms with Crippen LogP contribution in [0.25, 0.3) is 22.9 Å². The maximum atomic E-state index is 12.7. The molecule has 0 saturated carbocycles. The molecule has 4 aromatic rings. The molecular weight excluding hydrogens is 366 g/mol. The first kappa shape index (κ1) is 16.0. The van der Waals surface area contributed by atoms with Gasteiger partial charge in [0.15, 0.2) is 17.3 Å². The average Bonchev–Trinajstić information content (AvgIpc) is 3.50. The van der Waals surface area contributed by atoms with Crippen molar-refractivity contribution in [3.63, 3.8) is 0 Å². The number of amides is 1. The summed E-state index contributed by atoms with van der Waals surface area (Å²) in [5.74, 6) is 1.76. The van der Waals surface area contributed by atoms with Crippen molar-refractivity contribution in [3.8, 4) is 22.9 Å². The van der Waals surface area contributed by atoms with Gasteiger partial charge in [-0.25, -0.2) is 0 Å². The molecule has 1 saturated heterocycles. The molecule has 4 aromatic heterocycles. The van der Waals surface area contributed by atoms with Gasteiger partial charge in [0.2, 0.25) is 0 Å². The van der Waals surface area contributed by atoms with Gasteiger partial charge in [0.1, 0.15) is 5.69 Å². The van der Waals surface area contributed by atoms with Crippen molar-refractivity contribution in [3.05, 3.63) is 52.8 Å². The molecule has 1 fully saturated rings. The normalized spacial score (nSPS) is 16.9. The van der Waals surface area contributed by atoms with Gasteiger partial charge in [-0.05, 0) is 30.0 Å². The number of nitrogens with zero attached hydrogens (tertiary/aromatic N) is 4. The third kappa shape index (κ3) is 2.95. The van der Waals surface area contributed by atoms with E-state index in [1.54, 1.807) is 34.6 Å². The SMILES string of the molecule is O=C(c1cc(-c2ccco2)[nH]n1)N1CC[C@H](c2noc(-c3ccsc3)n2)C1. The van der Waals surface area contributed by atoms with E-state index in [0.717, 1.165) is 12.0 Å². The molecule has 0 aromatic carbocycles. The predicted molar refractivity (Wildman–Crippen MR) is 97.2 cm³/mol. The average molecular weight is 381 g/mol. The first-order valence-electron chi connectivity index (χ1n) is 8.52. The van der Waals surface area contributed by atoms with Crippen molar-refractivity contribution >= 4 is 17.2 Å². The molecule has 5 rings (SSSR count). The van der Waals surface area contributed by atoms with Crippen LogP contribution in [-0.4, -0.2) is 44.2 Å². The Morgan fingerprint density at radius 3 is 3.15 bits per heavy atom. The van der Waals surface area contributed by atoms with Crippen molar-refractivity contribution < 1.29 is 13.7 Å². The van der Waals surface area contributed by atoms with E-state index in [4.69, 9.17) is 8.94 Å². The highest BCUT2D eigenvalue weighted by molar-refractivity contribution is 7.08. The first-order valence-corrected chi connectivity index (χ1v) is 9.47. The van der Waals surface area contributed by atoms with Gasteiger partial charge >= 0.3 is 0 Å². The van der Waals surface area contributed by atoms with Crippen LogP contribution < -0.4 is 0 Å². The lowest BCUT2D eigenvalue weighted by atomic mass is 10.1. The molecule has 9 heteroatoms. The molecule has 0 spiro atoms. The second-order valence-corrected chi connectivity index (χ2v) is 7.13. The summed E-state index contributed by atoms with van der Waals surface area (Å²) in [7, 11) is 0. The molecular formula is C18H15N5O3S. The Hall–Kier alpha value is -3.20. The van der Waals surface area contributed by atoms with Gasteiger partial charge in [-0.2, -0.15) is 21.4 Å². The Morgan fingerprint density at radius 2 is 2.33 bits per heavy atom. The molecule has 1 atom stereocenters. The maximum absolute atomic E-state index is 12.7. The van der Waals surface area contributed by atoms with E-state index in [9.17, 15) is 4.79 Å². The van der Waals surface area contributed by atoms with Crippen LogP contribution >= 0.6 is 11.3 Å². The number of nitrogens with one attached hydrogen (secondary N) is 1. The number of carbonyl (C=O) groups excluding carboxylic acids is 1. The number of thiophene rings is 1. The van der Waals surface area contributed by atoms with Crippen molar-refractivity contribution in [2.75, 3.05) is 13.1 Å². The van der Waals surface area contributed by atoms with Crippen LogP contribution in [0.15, 0.2) is 50.2 Å². The number of carbonyl (C=O) groups is 1. The standard InChI is InChI=1S/C18H15N5O3S/c24-18(14-8-13(20-21-14)15-2-1-6-25-15)23-5-3-11(9-23)16-19-17(26-22-16)12-4-7-27-10-12/h1-2,4,6-8,10-11H,3,5,9H2,(H,20,21)/t11-/m0/s1. The maximum Gasteiger partial charge on any atom is 0.274 e. The number of hydrogen-bond donors (Lipinski definition) is 1. The number of hydrogen-bond acceptors (Lipinski definition) is 7. The number of aromatic amines is 1. The summed E-state index contributed by atoms with van der Waals surface area (Å²) in [4.78, 5) is 19.0. The molecule has 1 amide bonds. The van der Waals surface area contributed by atoms with Crippen molar-refractivity contribution in [2.45, 2.75) is 12.3 Å². The number of rotatable bonds is 4. The molecule has 27 heavy (non-hydrogen) atoms. The lowest BCUT2D eigenvalue weighted by Gasteiger charge is -2.13. The van der Waals surface area contributed by atoms with Crippen molar-refractivity contribution in [1.29, 1.82) is 0 Å². The number of aromatic nitrogens is 4. The van der Waals surface area contributed by atoms with Gasteiger partial charge in [0, 0.05) is 30.5 Å². The van der Waals surface area contributed by atoms with Gasteiger partial charge in [0.05, 0.1) is 11.8 Å². The molecule has 0 aliphatic carbocycles. The van der Waals surface area contributed by atoms with Gasteiger partial charge in [-0.15, -0.1) is 0 Å². The van der Waals surface area contributed by atoms with Crippen LogP contribution in [0, 0.1) is 0 Å². The molecule has 1 aliphatic heterocycles. The summed E-state index contributed by atoms with van der Waals surface area (Å²) >= 11 is 1.58. The number of H-pyrrole nitrogens is 1. The van der Waals surface area contributed by atoms with E-state index >= 15 is 0 Å². The van der Waals surface area contributed by atoms with Crippen LogP contribution in [-0.2, 0) is 0 Å². The fraction of sp³-hybridized carbons (Fsp3) is 0.222. The highest BCUT2D eigenvalue weighted by atomic mass is 32.1. The summed E-state index contributed by atoms with van der Waals surface area (Å²) in [5, 5.41) is 15.0. The fourth-order valence-electron chi connectivity index (χ4n) is 3.21. The largest absolute Gasteiger partial charge is 0.463 e. The minimum atomic E-state index is -0.117. The second-order valence-electron chi connectivity index (χ2n) is 6.35. The molecule has 1 N–H and O–H groups in total. The monoisotopic (exact) mass is 381 g/mol. The minimum Gasteiger partial charge on any atom is -0.463 e. The first-order chi connectivity index (χ1) is 13.3. The lowest BCUT2D eigenvalue weighted by Crippen LogP contribution is -2.28. The van der Waals surface area contributed by atoms with E-state index in [2.05, 4.69) is 20.3 Å². The molecule has 8 nitrogen and oxygen atoms in total. The van der Waals surface area contributed by atoms with E-state index in [1.165, 1.54) is 0 Å². The van der Waals surface area contributed by atoms with Gasteiger partial charge in [-0.1, -0.05) is 5.16 Å². The predicted octanol–water partition coefficient (Wildman–Crippen LogP) is 3.41. The summed E-state index contributed by atoms with van der Waals surface area (Å²) < 4.78 is 10.7. The van der Waals surface area contributed by atoms with E-state index in [0.29, 0.717) is 42.0 Å². The molecule has 0 radical (unpaired) electrons. The summed E-state index contributed by atoms with van der Waals surface area (Å²) in [6, 6.07) is 7.26. The molecule has 0 unspecified atom stereocenters. The van der Waals surface area contributed by atoms with Gasteiger partial charge in [-0.3, -0.25) is 9.89 Å². The van der Waals surface area contributed by atoms with Crippen LogP contribution in [0.2, 0.25) is 0 Å². The minimum absolute atomic E-state index is 0.0635. The molecule has 136 valence electrons. The lowest BCUT2D eigenvalue weighted by molar-refractivity contribution is 0.0784. The highest BCUT2D eigenvalue weighted by Gasteiger charge is 2.32. The smallest absolute Gasteiger partial charge is 0.274 e. The van der Waals surface area contributed by atoms with Gasteiger partial charge < -0.3 is 13.8 Å². The van der Waals surface area contributed by atoms with Crippen LogP contribution in [0.4, 0.5) is 0 Å². The van der Waals surface area contributed by atoms with Gasteiger partial charge in [0.25, 0.3) is 11.8 Å². The van der Waals surface area contributed by atoms with Crippen molar-refractivity contribution in [2.24, 2.45) is 0 Å². The zero-order chi connectivity index (χ0) is 18.2.